The molecule has 4 heteroatoms. The lowest BCUT2D eigenvalue weighted by Crippen LogP contribution is -2.36. The molecule has 3 atom stereocenters. The van der Waals surface area contributed by atoms with E-state index >= 15 is 0 Å². The summed E-state index contributed by atoms with van der Waals surface area (Å²) in [6, 6.07) is 10.1. The molecule has 2 heterocycles. The summed E-state index contributed by atoms with van der Waals surface area (Å²) >= 11 is 0. The molecule has 1 aliphatic rings. The van der Waals surface area contributed by atoms with Gasteiger partial charge in [0, 0.05) is 17.9 Å². The molecule has 1 saturated heterocycles. The summed E-state index contributed by atoms with van der Waals surface area (Å²) in [5.74, 6) is 7.03. The molecule has 3 unspecified atom stereocenters. The topological polar surface area (TPSA) is 60.4 Å². The number of fused-ring (bicyclic) bond motifs is 1. The fraction of sp³-hybridized carbons (Fsp3) is 0.467. The highest BCUT2D eigenvalue weighted by molar-refractivity contribution is 5.77. The number of hydrogen-bond donors (Lipinski definition) is 2. The van der Waals surface area contributed by atoms with Gasteiger partial charge in [-0.05, 0) is 25.0 Å². The fourth-order valence-corrected chi connectivity index (χ4v) is 3.04. The minimum Gasteiger partial charge on any atom is -0.459 e. The van der Waals surface area contributed by atoms with Gasteiger partial charge in [-0.1, -0.05) is 25.1 Å². The van der Waals surface area contributed by atoms with Crippen LogP contribution in [0.2, 0.25) is 0 Å². The normalized spacial score (nSPS) is 24.9. The van der Waals surface area contributed by atoms with Gasteiger partial charge in [-0.15, -0.1) is 0 Å². The fourth-order valence-electron chi connectivity index (χ4n) is 3.04. The quantitative estimate of drug-likeness (QED) is 0.655. The van der Waals surface area contributed by atoms with Crippen LogP contribution in [0.25, 0.3) is 11.0 Å². The lowest BCUT2D eigenvalue weighted by atomic mass is 9.90. The third kappa shape index (κ3) is 2.27. The van der Waals surface area contributed by atoms with Gasteiger partial charge in [0.15, 0.2) is 0 Å². The van der Waals surface area contributed by atoms with E-state index in [4.69, 9.17) is 15.0 Å². The molecule has 1 aromatic carbocycles. The molecule has 3 rings (SSSR count). The second-order valence-electron chi connectivity index (χ2n) is 5.10. The molecular formula is C15H20N2O2. The minimum absolute atomic E-state index is 0.0137. The molecule has 4 nitrogen and oxygen atoms in total. The zero-order valence-corrected chi connectivity index (χ0v) is 11.1. The number of benzene rings is 1. The summed E-state index contributed by atoms with van der Waals surface area (Å²) in [6.45, 7) is 2.96. The predicted molar refractivity (Wildman–Crippen MR) is 74.4 cm³/mol. The third-order valence-electron chi connectivity index (χ3n) is 4.02. The zero-order chi connectivity index (χ0) is 13.2. The van der Waals surface area contributed by atoms with E-state index in [2.05, 4.69) is 24.5 Å². The zero-order valence-electron chi connectivity index (χ0n) is 11.1. The second kappa shape index (κ2) is 5.33. The van der Waals surface area contributed by atoms with E-state index in [1.165, 1.54) is 0 Å². The largest absolute Gasteiger partial charge is 0.459 e. The standard InChI is InChI=1S/C15H20N2O2/c1-2-12-11(7-8-18-12)15(17-16)14-9-10-5-3-4-6-13(10)19-14/h3-6,9,11-12,15,17H,2,7-8,16H2,1H3. The Hall–Kier alpha value is -1.36. The number of nitrogens with two attached hydrogens (primary N) is 1. The van der Waals surface area contributed by atoms with Crippen molar-refractivity contribution in [1.82, 2.24) is 5.43 Å². The monoisotopic (exact) mass is 260 g/mol. The van der Waals surface area contributed by atoms with Crippen molar-refractivity contribution in [1.29, 1.82) is 0 Å². The van der Waals surface area contributed by atoms with Gasteiger partial charge in [0.2, 0.25) is 0 Å². The van der Waals surface area contributed by atoms with E-state index < -0.39 is 0 Å². The Labute approximate surface area is 112 Å². The van der Waals surface area contributed by atoms with Crippen molar-refractivity contribution in [2.45, 2.75) is 31.9 Å². The number of para-hydroxylation sites is 1. The minimum atomic E-state index is 0.0137. The molecule has 1 aromatic heterocycles. The maximum absolute atomic E-state index is 5.93. The Balaban J connectivity index is 1.93. The lowest BCUT2D eigenvalue weighted by molar-refractivity contribution is 0.0749. The van der Waals surface area contributed by atoms with Crippen molar-refractivity contribution in [3.8, 4) is 0 Å². The van der Waals surface area contributed by atoms with Crippen LogP contribution in [0.15, 0.2) is 34.7 Å². The number of rotatable bonds is 4. The highest BCUT2D eigenvalue weighted by Gasteiger charge is 2.35. The highest BCUT2D eigenvalue weighted by Crippen LogP contribution is 2.36. The van der Waals surface area contributed by atoms with Crippen molar-refractivity contribution in [3.63, 3.8) is 0 Å². The van der Waals surface area contributed by atoms with Crippen molar-refractivity contribution >= 4 is 11.0 Å². The van der Waals surface area contributed by atoms with E-state index in [1.54, 1.807) is 0 Å². The van der Waals surface area contributed by atoms with Crippen LogP contribution in [0.1, 0.15) is 31.6 Å². The summed E-state index contributed by atoms with van der Waals surface area (Å²) in [5.41, 5.74) is 3.82. The molecule has 2 aromatic rings. The first-order valence-corrected chi connectivity index (χ1v) is 6.89. The van der Waals surface area contributed by atoms with Gasteiger partial charge in [-0.2, -0.15) is 0 Å². The molecule has 3 N–H and O–H groups in total. The molecule has 0 saturated carbocycles. The Kier molecular flexibility index (Phi) is 3.55. The van der Waals surface area contributed by atoms with E-state index in [0.29, 0.717) is 5.92 Å². The van der Waals surface area contributed by atoms with Gasteiger partial charge in [0.1, 0.15) is 11.3 Å². The molecule has 0 radical (unpaired) electrons. The number of hydrazine groups is 1. The highest BCUT2D eigenvalue weighted by atomic mass is 16.5. The van der Waals surface area contributed by atoms with Gasteiger partial charge in [-0.3, -0.25) is 5.84 Å². The summed E-state index contributed by atoms with van der Waals surface area (Å²) in [6.07, 6.45) is 2.28. The number of nitrogens with one attached hydrogen (secondary N) is 1. The first-order chi connectivity index (χ1) is 9.33. The van der Waals surface area contributed by atoms with Gasteiger partial charge >= 0.3 is 0 Å². The maximum Gasteiger partial charge on any atom is 0.134 e. The summed E-state index contributed by atoms with van der Waals surface area (Å²) in [4.78, 5) is 0. The summed E-state index contributed by atoms with van der Waals surface area (Å²) < 4.78 is 11.7. The third-order valence-corrected chi connectivity index (χ3v) is 4.02. The molecule has 0 bridgehead atoms. The number of furan rings is 1. The van der Waals surface area contributed by atoms with Crippen LogP contribution >= 0.6 is 0 Å². The second-order valence-corrected chi connectivity index (χ2v) is 5.10. The molecule has 0 amide bonds. The van der Waals surface area contributed by atoms with Gasteiger partial charge < -0.3 is 9.15 Å². The molecule has 102 valence electrons. The first kappa shape index (κ1) is 12.7. The van der Waals surface area contributed by atoms with Crippen LogP contribution in [0.5, 0.6) is 0 Å². The average molecular weight is 260 g/mol. The molecular weight excluding hydrogens is 240 g/mol. The molecule has 1 aliphatic heterocycles. The van der Waals surface area contributed by atoms with E-state index in [9.17, 15) is 0 Å². The summed E-state index contributed by atoms with van der Waals surface area (Å²) in [7, 11) is 0. The van der Waals surface area contributed by atoms with Crippen molar-refractivity contribution in [2.75, 3.05) is 6.61 Å². The smallest absolute Gasteiger partial charge is 0.134 e. The number of hydrogen-bond acceptors (Lipinski definition) is 4. The molecule has 19 heavy (non-hydrogen) atoms. The Morgan fingerprint density at radius 2 is 2.26 bits per heavy atom. The molecule has 1 fully saturated rings. The van der Waals surface area contributed by atoms with Crippen LogP contribution < -0.4 is 11.3 Å². The maximum atomic E-state index is 5.93. The lowest BCUT2D eigenvalue weighted by Gasteiger charge is -2.24. The van der Waals surface area contributed by atoms with E-state index in [0.717, 1.165) is 36.2 Å². The number of ether oxygens (including phenoxy) is 1. The van der Waals surface area contributed by atoms with Crippen molar-refractivity contribution in [2.24, 2.45) is 11.8 Å². The Morgan fingerprint density at radius 3 is 3.00 bits per heavy atom. The predicted octanol–water partition coefficient (Wildman–Crippen LogP) is 2.75. The molecule has 0 spiro atoms. The van der Waals surface area contributed by atoms with Crippen molar-refractivity contribution < 1.29 is 9.15 Å². The van der Waals surface area contributed by atoms with E-state index in [1.807, 2.05) is 18.2 Å². The van der Waals surface area contributed by atoms with Crippen LogP contribution in [-0.2, 0) is 4.74 Å². The van der Waals surface area contributed by atoms with Crippen LogP contribution in [0.4, 0.5) is 0 Å². The van der Waals surface area contributed by atoms with E-state index in [-0.39, 0.29) is 12.1 Å². The van der Waals surface area contributed by atoms with Gasteiger partial charge in [-0.25, -0.2) is 5.43 Å². The average Bonchev–Trinajstić information content (AvgIpc) is 3.05. The van der Waals surface area contributed by atoms with Gasteiger partial charge in [0.25, 0.3) is 0 Å². The van der Waals surface area contributed by atoms with Gasteiger partial charge in [0.05, 0.1) is 12.1 Å². The van der Waals surface area contributed by atoms with Crippen molar-refractivity contribution in [3.05, 3.63) is 36.1 Å². The SMILES string of the molecule is CCC1OCCC1C(NN)c1cc2ccccc2o1. The molecule has 0 aliphatic carbocycles. The Bertz CT molecular complexity index is 519. The first-order valence-electron chi connectivity index (χ1n) is 6.89. The Morgan fingerprint density at radius 1 is 1.42 bits per heavy atom. The summed E-state index contributed by atoms with van der Waals surface area (Å²) in [5, 5.41) is 1.12. The van der Waals surface area contributed by atoms with Crippen LogP contribution in [-0.4, -0.2) is 12.7 Å². The van der Waals surface area contributed by atoms with Crippen LogP contribution in [0, 0.1) is 5.92 Å². The van der Waals surface area contributed by atoms with Crippen LogP contribution in [0.3, 0.4) is 0 Å².